The monoisotopic (exact) mass is 420 g/mol. The van der Waals surface area contributed by atoms with Crippen LogP contribution in [0, 0.1) is 0 Å². The summed E-state index contributed by atoms with van der Waals surface area (Å²) in [6.45, 7) is 7.70. The van der Waals surface area contributed by atoms with Crippen molar-refractivity contribution in [2.24, 2.45) is 0 Å². The van der Waals surface area contributed by atoms with E-state index >= 15 is 0 Å². The Hall–Kier alpha value is -2.80. The van der Waals surface area contributed by atoms with Crippen molar-refractivity contribution >= 4 is 5.65 Å². The van der Waals surface area contributed by atoms with Crippen LogP contribution in [0.3, 0.4) is 0 Å². The second-order valence-corrected chi connectivity index (χ2v) is 9.87. The number of hydrogen-bond acceptors (Lipinski definition) is 6. The quantitative estimate of drug-likeness (QED) is 0.638. The maximum absolute atomic E-state index is 5.63. The van der Waals surface area contributed by atoms with Gasteiger partial charge in [-0.1, -0.05) is 20.8 Å². The van der Waals surface area contributed by atoms with E-state index in [0.717, 1.165) is 42.2 Å². The van der Waals surface area contributed by atoms with Crippen molar-refractivity contribution in [2.45, 2.75) is 64.1 Å². The van der Waals surface area contributed by atoms with Crippen LogP contribution in [0.25, 0.3) is 5.65 Å². The lowest BCUT2D eigenvalue weighted by molar-refractivity contribution is 0.164. The Morgan fingerprint density at radius 3 is 2.84 bits per heavy atom. The highest BCUT2D eigenvalue weighted by molar-refractivity contribution is 5.55. The molecule has 7 nitrogen and oxygen atoms in total. The summed E-state index contributed by atoms with van der Waals surface area (Å²) in [5.74, 6) is 2.22. The van der Waals surface area contributed by atoms with Crippen LogP contribution in [0.15, 0.2) is 24.4 Å². The first-order chi connectivity index (χ1) is 14.9. The third-order valence-electron chi connectivity index (χ3n) is 6.90. The molecule has 0 unspecified atom stereocenters. The lowest BCUT2D eigenvalue weighted by atomic mass is 9.93. The van der Waals surface area contributed by atoms with Crippen molar-refractivity contribution in [1.82, 2.24) is 19.5 Å². The lowest BCUT2D eigenvalue weighted by Crippen LogP contribution is -2.38. The molecule has 3 aromatic rings. The van der Waals surface area contributed by atoms with Gasteiger partial charge in [0.1, 0.15) is 0 Å². The van der Waals surface area contributed by atoms with Crippen LogP contribution in [0.1, 0.15) is 62.2 Å². The standard InChI is InChI=1S/C24H28N4O3/c1-24(2,3)21-10-22-25-11-16-17-6-5-15(9-18(16)28(22)26-21)27(17)12-14-7-19(29-4)23-20(8-14)30-13-31-23/h7-8,10-11,15,17H,5-6,9,12-13H2,1-4H3/t15-,17-/m0/s1. The average Bonchev–Trinajstić information content (AvgIpc) is 3.44. The summed E-state index contributed by atoms with van der Waals surface area (Å²) in [5.41, 5.74) is 5.89. The predicted molar refractivity (Wildman–Crippen MR) is 116 cm³/mol. The zero-order valence-corrected chi connectivity index (χ0v) is 18.5. The molecular formula is C24H28N4O3. The van der Waals surface area contributed by atoms with Crippen LogP contribution in [0.4, 0.5) is 0 Å². The van der Waals surface area contributed by atoms with Crippen LogP contribution in [-0.4, -0.2) is 39.4 Å². The van der Waals surface area contributed by atoms with E-state index in [1.54, 1.807) is 7.11 Å². The Morgan fingerprint density at radius 2 is 2.03 bits per heavy atom. The molecule has 3 aliphatic rings. The molecule has 162 valence electrons. The molecule has 1 aromatic carbocycles. The van der Waals surface area contributed by atoms with E-state index in [9.17, 15) is 0 Å². The second-order valence-electron chi connectivity index (χ2n) is 9.87. The molecule has 0 radical (unpaired) electrons. The number of ether oxygens (including phenoxy) is 3. The van der Waals surface area contributed by atoms with Gasteiger partial charge in [0.25, 0.3) is 0 Å². The van der Waals surface area contributed by atoms with Crippen LogP contribution in [0.5, 0.6) is 17.2 Å². The van der Waals surface area contributed by atoms with Gasteiger partial charge in [-0.2, -0.15) is 5.10 Å². The number of nitrogens with zero attached hydrogens (tertiary/aromatic N) is 4. The van der Waals surface area contributed by atoms with Crippen LogP contribution in [-0.2, 0) is 18.4 Å². The van der Waals surface area contributed by atoms with Gasteiger partial charge in [0.05, 0.1) is 18.5 Å². The molecule has 0 saturated carbocycles. The van der Waals surface area contributed by atoms with E-state index in [0.29, 0.717) is 17.8 Å². The van der Waals surface area contributed by atoms with Crippen molar-refractivity contribution < 1.29 is 14.2 Å². The fraction of sp³-hybridized carbons (Fsp3) is 0.500. The molecule has 1 fully saturated rings. The van der Waals surface area contributed by atoms with Gasteiger partial charge in [-0.05, 0) is 30.5 Å². The summed E-state index contributed by atoms with van der Waals surface area (Å²) in [4.78, 5) is 7.39. The predicted octanol–water partition coefficient (Wildman–Crippen LogP) is 4.03. The molecular weight excluding hydrogens is 392 g/mol. The first-order valence-corrected chi connectivity index (χ1v) is 11.0. The fourth-order valence-electron chi connectivity index (χ4n) is 5.28. The molecule has 2 atom stereocenters. The number of benzene rings is 1. The third-order valence-corrected chi connectivity index (χ3v) is 6.90. The Labute approximate surface area is 181 Å². The van der Waals surface area contributed by atoms with Gasteiger partial charge in [0.2, 0.25) is 12.5 Å². The highest BCUT2D eigenvalue weighted by Gasteiger charge is 2.41. The van der Waals surface area contributed by atoms with Gasteiger partial charge in [-0.15, -0.1) is 0 Å². The fourth-order valence-corrected chi connectivity index (χ4v) is 5.28. The minimum absolute atomic E-state index is 0.0126. The summed E-state index contributed by atoms with van der Waals surface area (Å²) in [6, 6.07) is 7.16. The van der Waals surface area contributed by atoms with E-state index in [-0.39, 0.29) is 12.2 Å². The maximum atomic E-state index is 5.63. The molecule has 6 rings (SSSR count). The summed E-state index contributed by atoms with van der Waals surface area (Å²) < 4.78 is 18.8. The molecule has 31 heavy (non-hydrogen) atoms. The van der Waals surface area contributed by atoms with E-state index in [2.05, 4.69) is 54.6 Å². The molecule has 0 amide bonds. The largest absolute Gasteiger partial charge is 0.493 e. The van der Waals surface area contributed by atoms with Crippen LogP contribution >= 0.6 is 0 Å². The van der Waals surface area contributed by atoms with Gasteiger partial charge in [0, 0.05) is 48.3 Å². The molecule has 2 bridgehead atoms. The molecule has 0 spiro atoms. The maximum Gasteiger partial charge on any atom is 0.231 e. The zero-order chi connectivity index (χ0) is 21.3. The smallest absolute Gasteiger partial charge is 0.231 e. The highest BCUT2D eigenvalue weighted by atomic mass is 16.7. The summed E-state index contributed by atoms with van der Waals surface area (Å²) >= 11 is 0. The number of hydrogen-bond donors (Lipinski definition) is 0. The van der Waals surface area contributed by atoms with E-state index in [4.69, 9.17) is 24.3 Å². The molecule has 0 N–H and O–H groups in total. The Kier molecular flexibility index (Phi) is 4.03. The van der Waals surface area contributed by atoms with Gasteiger partial charge in [0.15, 0.2) is 17.1 Å². The van der Waals surface area contributed by atoms with E-state index in [1.165, 1.54) is 23.2 Å². The number of rotatable bonds is 3. The Bertz CT molecular complexity index is 1180. The third kappa shape index (κ3) is 2.90. The van der Waals surface area contributed by atoms with Crippen molar-refractivity contribution in [3.05, 3.63) is 46.9 Å². The molecule has 2 aromatic heterocycles. The molecule has 1 saturated heterocycles. The Balaban J connectivity index is 1.36. The number of aromatic nitrogens is 3. The normalized spacial score (nSPS) is 22.2. The first-order valence-electron chi connectivity index (χ1n) is 11.0. The van der Waals surface area contributed by atoms with Crippen molar-refractivity contribution in [2.75, 3.05) is 13.9 Å². The molecule has 7 heteroatoms. The lowest BCUT2D eigenvalue weighted by Gasteiger charge is -2.36. The molecule has 5 heterocycles. The van der Waals surface area contributed by atoms with Crippen LogP contribution in [0.2, 0.25) is 0 Å². The zero-order valence-electron chi connectivity index (χ0n) is 18.5. The van der Waals surface area contributed by atoms with Gasteiger partial charge >= 0.3 is 0 Å². The number of fused-ring (bicyclic) bond motifs is 7. The van der Waals surface area contributed by atoms with Gasteiger partial charge in [-0.25, -0.2) is 9.50 Å². The topological polar surface area (TPSA) is 61.1 Å². The first kappa shape index (κ1) is 18.9. The average molecular weight is 421 g/mol. The Morgan fingerprint density at radius 1 is 1.16 bits per heavy atom. The minimum Gasteiger partial charge on any atom is -0.493 e. The van der Waals surface area contributed by atoms with Gasteiger partial charge in [-0.3, -0.25) is 4.90 Å². The summed E-state index contributed by atoms with van der Waals surface area (Å²) in [5, 5.41) is 4.95. The number of methoxy groups -OCH3 is 1. The highest BCUT2D eigenvalue weighted by Crippen LogP contribution is 2.46. The SMILES string of the molecule is COc1cc(CN2[C@H]3CC[C@H]2c2cnc4cc(C(C)(C)C)nn4c2C3)cc2c1OCO2. The summed E-state index contributed by atoms with van der Waals surface area (Å²) in [6.07, 6.45) is 5.42. The van der Waals surface area contributed by atoms with Crippen molar-refractivity contribution in [3.63, 3.8) is 0 Å². The van der Waals surface area contributed by atoms with E-state index in [1.807, 2.05) is 0 Å². The second kappa shape index (κ2) is 6.60. The minimum atomic E-state index is 0.0126. The van der Waals surface area contributed by atoms with Gasteiger partial charge < -0.3 is 14.2 Å². The molecule has 3 aliphatic heterocycles. The van der Waals surface area contributed by atoms with E-state index < -0.39 is 0 Å². The summed E-state index contributed by atoms with van der Waals surface area (Å²) in [7, 11) is 1.68. The molecule has 0 aliphatic carbocycles. The van der Waals surface area contributed by atoms with Crippen molar-refractivity contribution in [3.8, 4) is 17.2 Å². The van der Waals surface area contributed by atoms with Crippen LogP contribution < -0.4 is 14.2 Å². The van der Waals surface area contributed by atoms with Crippen molar-refractivity contribution in [1.29, 1.82) is 0 Å².